The molecule has 0 aromatic heterocycles. The molecule has 0 atom stereocenters. The summed E-state index contributed by atoms with van der Waals surface area (Å²) in [6.45, 7) is 4.59. The molecule has 0 aromatic rings. The van der Waals surface area contributed by atoms with Crippen LogP contribution in [0.2, 0.25) is 8.87 Å². The summed E-state index contributed by atoms with van der Waals surface area (Å²) in [4.78, 5) is 0. The zero-order valence-electron chi connectivity index (χ0n) is 8.16. The average molecular weight is 261 g/mol. The molecule has 0 unspecified atom stereocenters. The van der Waals surface area contributed by atoms with E-state index in [-0.39, 0.29) is 21.1 Å². The summed E-state index contributed by atoms with van der Waals surface area (Å²) in [5, 5.41) is 0. The molecule has 64 valence electrons. The van der Waals surface area contributed by atoms with Crippen LogP contribution in [0.25, 0.3) is 0 Å². The van der Waals surface area contributed by atoms with Gasteiger partial charge in [-0.2, -0.15) is 0 Å². The minimum absolute atomic E-state index is 0.127. The van der Waals surface area contributed by atoms with Gasteiger partial charge < -0.3 is 0 Å². The van der Waals surface area contributed by atoms with Gasteiger partial charge in [0.25, 0.3) is 0 Å². The molecule has 0 bridgehead atoms. The van der Waals surface area contributed by atoms with Crippen LogP contribution in [0.1, 0.15) is 52.4 Å². The molecule has 0 spiro atoms. The standard InChI is InChI=1S/C6H13.C4H9.Sn/c1-3-5-6-4-2;1-3-4-2;/h1,3-6H2,2H3;1,3-4H2,2H3;/q;;+2. The van der Waals surface area contributed by atoms with Gasteiger partial charge in [0.2, 0.25) is 0 Å². The van der Waals surface area contributed by atoms with Gasteiger partial charge >= 0.3 is 82.4 Å². The van der Waals surface area contributed by atoms with Crippen molar-refractivity contribution in [2.75, 3.05) is 0 Å². The van der Waals surface area contributed by atoms with Gasteiger partial charge in [0.1, 0.15) is 0 Å². The van der Waals surface area contributed by atoms with Crippen molar-refractivity contribution in [3.8, 4) is 0 Å². The van der Waals surface area contributed by atoms with E-state index < -0.39 is 0 Å². The Kier molecular flexibility index (Phi) is 11.6. The third kappa shape index (κ3) is 10.8. The predicted molar refractivity (Wildman–Crippen MR) is 54.4 cm³/mol. The van der Waals surface area contributed by atoms with Gasteiger partial charge in [0, 0.05) is 0 Å². The number of rotatable bonds is 8. The maximum atomic E-state index is 2.30. The minimum atomic E-state index is 0.127. The Labute approximate surface area is 82.4 Å². The third-order valence-corrected chi connectivity index (χ3v) is 5.95. The van der Waals surface area contributed by atoms with Crippen molar-refractivity contribution in [1.29, 1.82) is 0 Å². The first kappa shape index (κ1) is 11.8. The fourth-order valence-corrected chi connectivity index (χ4v) is 4.97. The predicted octanol–water partition coefficient (Wildman–Crippen LogP) is 3.91. The molecule has 0 amide bonds. The SMILES string of the molecule is CCCCC[CH2][Sn+2][CH2]CCC. The maximum absolute atomic E-state index is 2.30. The molecule has 11 heavy (non-hydrogen) atoms. The second-order valence-electron chi connectivity index (χ2n) is 3.16. The van der Waals surface area contributed by atoms with Crippen LogP contribution in [0.5, 0.6) is 0 Å². The van der Waals surface area contributed by atoms with Crippen LogP contribution < -0.4 is 0 Å². The normalized spacial score (nSPS) is 9.64. The van der Waals surface area contributed by atoms with Gasteiger partial charge in [0.05, 0.1) is 0 Å². The number of hydrogen-bond acceptors (Lipinski definition) is 0. The summed E-state index contributed by atoms with van der Waals surface area (Å²) in [7, 11) is 0. The van der Waals surface area contributed by atoms with Crippen LogP contribution in [0.3, 0.4) is 0 Å². The van der Waals surface area contributed by atoms with Crippen LogP contribution in [-0.4, -0.2) is 21.1 Å². The van der Waals surface area contributed by atoms with Crippen molar-refractivity contribution < 1.29 is 0 Å². The Morgan fingerprint density at radius 2 is 1.36 bits per heavy atom. The molecule has 0 aliphatic rings. The van der Waals surface area contributed by atoms with Crippen LogP contribution in [0, 0.1) is 0 Å². The van der Waals surface area contributed by atoms with Crippen LogP contribution >= 0.6 is 0 Å². The van der Waals surface area contributed by atoms with Crippen molar-refractivity contribution in [2.45, 2.75) is 61.2 Å². The van der Waals surface area contributed by atoms with E-state index in [1.54, 1.807) is 15.3 Å². The van der Waals surface area contributed by atoms with Crippen LogP contribution in [-0.2, 0) is 0 Å². The summed E-state index contributed by atoms with van der Waals surface area (Å²) in [5.74, 6) is 0. The van der Waals surface area contributed by atoms with E-state index in [1.807, 2.05) is 0 Å². The summed E-state index contributed by atoms with van der Waals surface area (Å²) in [5.41, 5.74) is 0. The summed E-state index contributed by atoms with van der Waals surface area (Å²) in [6.07, 6.45) is 8.83. The first-order valence-electron chi connectivity index (χ1n) is 5.12. The topological polar surface area (TPSA) is 0 Å². The Hall–Kier alpha value is 0.799. The fourth-order valence-electron chi connectivity index (χ4n) is 1.10. The Bertz CT molecular complexity index is 53.9. The van der Waals surface area contributed by atoms with Crippen molar-refractivity contribution in [2.24, 2.45) is 0 Å². The molecular formula is C10H22Sn+2. The molecule has 0 rings (SSSR count). The zero-order valence-corrected chi connectivity index (χ0v) is 11.0. The Morgan fingerprint density at radius 1 is 0.727 bits per heavy atom. The second-order valence-corrected chi connectivity index (χ2v) is 7.45. The molecule has 0 heterocycles. The van der Waals surface area contributed by atoms with E-state index in [1.165, 1.54) is 32.1 Å². The first-order chi connectivity index (χ1) is 5.41. The first-order valence-corrected chi connectivity index (χ1v) is 9.16. The summed E-state index contributed by atoms with van der Waals surface area (Å²) < 4.78 is 3.27. The van der Waals surface area contributed by atoms with Gasteiger partial charge in [-0.05, 0) is 0 Å². The molecule has 0 fully saturated rings. The van der Waals surface area contributed by atoms with Gasteiger partial charge in [-0.1, -0.05) is 0 Å². The zero-order chi connectivity index (χ0) is 8.36. The van der Waals surface area contributed by atoms with Crippen molar-refractivity contribution >= 4 is 21.1 Å². The third-order valence-electron chi connectivity index (χ3n) is 1.91. The molecule has 0 aromatic carbocycles. The van der Waals surface area contributed by atoms with E-state index in [0.29, 0.717) is 0 Å². The van der Waals surface area contributed by atoms with E-state index in [2.05, 4.69) is 13.8 Å². The molecular weight excluding hydrogens is 239 g/mol. The fraction of sp³-hybridized carbons (Fsp3) is 1.00. The molecule has 0 aliphatic heterocycles. The number of hydrogen-bond donors (Lipinski definition) is 0. The molecule has 0 saturated heterocycles. The average Bonchev–Trinajstić information content (AvgIpc) is 2.03. The molecule has 0 saturated carbocycles. The van der Waals surface area contributed by atoms with Crippen molar-refractivity contribution in [3.05, 3.63) is 0 Å². The molecule has 0 N–H and O–H groups in total. The van der Waals surface area contributed by atoms with Gasteiger partial charge in [-0.25, -0.2) is 0 Å². The molecule has 0 nitrogen and oxygen atoms in total. The monoisotopic (exact) mass is 262 g/mol. The van der Waals surface area contributed by atoms with Gasteiger partial charge in [0.15, 0.2) is 0 Å². The summed E-state index contributed by atoms with van der Waals surface area (Å²) >= 11 is 0.127. The van der Waals surface area contributed by atoms with Crippen molar-refractivity contribution in [3.63, 3.8) is 0 Å². The van der Waals surface area contributed by atoms with E-state index in [9.17, 15) is 0 Å². The molecule has 1 heteroatoms. The van der Waals surface area contributed by atoms with E-state index in [0.717, 1.165) is 0 Å². The van der Waals surface area contributed by atoms with Gasteiger partial charge in [-0.15, -0.1) is 0 Å². The van der Waals surface area contributed by atoms with E-state index in [4.69, 9.17) is 0 Å². The second kappa shape index (κ2) is 10.8. The Morgan fingerprint density at radius 3 is 2.00 bits per heavy atom. The van der Waals surface area contributed by atoms with Crippen LogP contribution in [0.15, 0.2) is 0 Å². The summed E-state index contributed by atoms with van der Waals surface area (Å²) in [6, 6.07) is 0. The Balaban J connectivity index is 2.69. The van der Waals surface area contributed by atoms with Gasteiger partial charge in [-0.3, -0.25) is 0 Å². The number of unbranched alkanes of at least 4 members (excludes halogenated alkanes) is 4. The van der Waals surface area contributed by atoms with Crippen LogP contribution in [0.4, 0.5) is 0 Å². The van der Waals surface area contributed by atoms with E-state index >= 15 is 0 Å². The quantitative estimate of drug-likeness (QED) is 0.459. The van der Waals surface area contributed by atoms with Crippen molar-refractivity contribution in [1.82, 2.24) is 0 Å². The molecule has 0 radical (unpaired) electrons. The molecule has 0 aliphatic carbocycles.